The molecule has 3 rings (SSSR count). The SMILES string of the molecule is O=C(O)CCCN1C(=O)C(=Cc2ccc3nccnc3c2)SC1=S. The molecule has 1 N–H and O–H groups in total. The number of carbonyl (C=O) groups is 2. The van der Waals surface area contributed by atoms with Gasteiger partial charge in [0.25, 0.3) is 5.91 Å². The van der Waals surface area contributed by atoms with E-state index in [0.717, 1.165) is 16.6 Å². The predicted molar refractivity (Wildman–Crippen MR) is 96.3 cm³/mol. The molecule has 1 aromatic heterocycles. The zero-order valence-corrected chi connectivity index (χ0v) is 14.1. The van der Waals surface area contributed by atoms with Gasteiger partial charge in [-0.2, -0.15) is 0 Å². The van der Waals surface area contributed by atoms with E-state index in [1.807, 2.05) is 18.2 Å². The number of fused-ring (bicyclic) bond motifs is 1. The number of benzene rings is 1. The molecule has 1 aromatic carbocycles. The van der Waals surface area contributed by atoms with E-state index in [0.29, 0.717) is 22.2 Å². The third kappa shape index (κ3) is 3.60. The normalized spacial score (nSPS) is 16.3. The van der Waals surface area contributed by atoms with E-state index in [2.05, 4.69) is 9.97 Å². The Morgan fingerprint density at radius 2 is 2.04 bits per heavy atom. The number of hydrogen-bond donors (Lipinski definition) is 1. The van der Waals surface area contributed by atoms with Crippen LogP contribution in [0.25, 0.3) is 17.1 Å². The summed E-state index contributed by atoms with van der Waals surface area (Å²) in [7, 11) is 0. The van der Waals surface area contributed by atoms with Crippen molar-refractivity contribution in [3.63, 3.8) is 0 Å². The van der Waals surface area contributed by atoms with Gasteiger partial charge in [-0.05, 0) is 30.2 Å². The third-order valence-electron chi connectivity index (χ3n) is 3.44. The molecule has 0 saturated carbocycles. The highest BCUT2D eigenvalue weighted by molar-refractivity contribution is 8.26. The molecule has 0 unspecified atom stereocenters. The Morgan fingerprint density at radius 1 is 1.29 bits per heavy atom. The second-order valence-electron chi connectivity index (χ2n) is 5.14. The number of carbonyl (C=O) groups excluding carboxylic acids is 1. The van der Waals surface area contributed by atoms with Crippen molar-refractivity contribution in [1.29, 1.82) is 0 Å². The van der Waals surface area contributed by atoms with Gasteiger partial charge in [0.05, 0.1) is 15.9 Å². The Hall–Kier alpha value is -2.32. The van der Waals surface area contributed by atoms with Crippen LogP contribution in [0.1, 0.15) is 18.4 Å². The molecule has 2 aromatic rings. The minimum atomic E-state index is -0.881. The maximum absolute atomic E-state index is 12.4. The van der Waals surface area contributed by atoms with Crippen LogP contribution in [0.15, 0.2) is 35.5 Å². The Balaban J connectivity index is 1.78. The summed E-state index contributed by atoms with van der Waals surface area (Å²) in [5.41, 5.74) is 2.38. The number of aliphatic carboxylic acids is 1. The number of nitrogens with zero attached hydrogens (tertiary/aromatic N) is 3. The van der Waals surface area contributed by atoms with E-state index >= 15 is 0 Å². The lowest BCUT2D eigenvalue weighted by Gasteiger charge is -2.13. The van der Waals surface area contributed by atoms with Crippen molar-refractivity contribution in [2.75, 3.05) is 6.54 Å². The van der Waals surface area contributed by atoms with Gasteiger partial charge in [0, 0.05) is 25.4 Å². The summed E-state index contributed by atoms with van der Waals surface area (Å²) in [5, 5.41) is 8.69. The molecule has 1 aliphatic heterocycles. The lowest BCUT2D eigenvalue weighted by Crippen LogP contribution is -2.29. The molecule has 0 atom stereocenters. The lowest BCUT2D eigenvalue weighted by atomic mass is 10.1. The van der Waals surface area contributed by atoms with E-state index in [9.17, 15) is 9.59 Å². The van der Waals surface area contributed by atoms with Gasteiger partial charge in [0.1, 0.15) is 4.32 Å². The van der Waals surface area contributed by atoms with Crippen LogP contribution in [0, 0.1) is 0 Å². The molecule has 0 aliphatic carbocycles. The lowest BCUT2D eigenvalue weighted by molar-refractivity contribution is -0.137. The van der Waals surface area contributed by atoms with Gasteiger partial charge >= 0.3 is 5.97 Å². The summed E-state index contributed by atoms with van der Waals surface area (Å²) in [6.45, 7) is 0.317. The number of thioether (sulfide) groups is 1. The summed E-state index contributed by atoms with van der Waals surface area (Å²) < 4.78 is 0.456. The van der Waals surface area contributed by atoms with E-state index in [1.165, 1.54) is 16.7 Å². The molecule has 0 radical (unpaired) electrons. The van der Waals surface area contributed by atoms with Crippen LogP contribution in [-0.2, 0) is 9.59 Å². The summed E-state index contributed by atoms with van der Waals surface area (Å²) in [4.78, 5) is 33.5. The Bertz CT molecular complexity index is 867. The molecule has 1 fully saturated rings. The van der Waals surface area contributed by atoms with Gasteiger partial charge < -0.3 is 5.11 Å². The van der Waals surface area contributed by atoms with Crippen LogP contribution in [0.5, 0.6) is 0 Å². The van der Waals surface area contributed by atoms with Crippen LogP contribution < -0.4 is 0 Å². The third-order valence-corrected chi connectivity index (χ3v) is 4.81. The summed E-state index contributed by atoms with van der Waals surface area (Å²) >= 11 is 6.45. The molecule has 122 valence electrons. The Labute approximate surface area is 147 Å². The van der Waals surface area contributed by atoms with E-state index < -0.39 is 5.97 Å². The number of aromatic nitrogens is 2. The van der Waals surface area contributed by atoms with Gasteiger partial charge in [0.2, 0.25) is 0 Å². The minimum Gasteiger partial charge on any atom is -0.481 e. The molecule has 1 saturated heterocycles. The highest BCUT2D eigenvalue weighted by Gasteiger charge is 2.31. The van der Waals surface area contributed by atoms with Crippen LogP contribution in [0.2, 0.25) is 0 Å². The number of carboxylic acid groups (broad SMARTS) is 1. The van der Waals surface area contributed by atoms with Crippen LogP contribution in [0.4, 0.5) is 0 Å². The maximum Gasteiger partial charge on any atom is 0.303 e. The van der Waals surface area contributed by atoms with Crippen molar-refractivity contribution in [3.8, 4) is 0 Å². The van der Waals surface area contributed by atoms with Crippen molar-refractivity contribution in [1.82, 2.24) is 14.9 Å². The summed E-state index contributed by atoms with van der Waals surface area (Å²) in [5.74, 6) is -1.07. The fraction of sp³-hybridized carbons (Fsp3) is 0.188. The largest absolute Gasteiger partial charge is 0.481 e. The van der Waals surface area contributed by atoms with Gasteiger partial charge in [-0.3, -0.25) is 24.5 Å². The predicted octanol–water partition coefficient (Wildman–Crippen LogP) is 2.70. The number of thiocarbonyl (C=S) groups is 1. The van der Waals surface area contributed by atoms with E-state index in [-0.39, 0.29) is 12.3 Å². The fourth-order valence-corrected chi connectivity index (χ4v) is 3.61. The first-order chi connectivity index (χ1) is 11.5. The number of hydrogen-bond acceptors (Lipinski definition) is 6. The van der Waals surface area contributed by atoms with Crippen LogP contribution >= 0.6 is 24.0 Å². The standard InChI is InChI=1S/C16H13N3O3S2/c20-14(21)2-1-7-19-15(22)13(24-16(19)23)9-10-3-4-11-12(8-10)18-6-5-17-11/h3-6,8-9H,1-2,7H2,(H,20,21). The van der Waals surface area contributed by atoms with Crippen LogP contribution in [-0.4, -0.2) is 42.7 Å². The van der Waals surface area contributed by atoms with Gasteiger partial charge in [-0.15, -0.1) is 0 Å². The Morgan fingerprint density at radius 3 is 2.79 bits per heavy atom. The first-order valence-corrected chi connectivity index (χ1v) is 8.45. The molecule has 1 amide bonds. The molecule has 8 heteroatoms. The molecule has 6 nitrogen and oxygen atoms in total. The molecular formula is C16H13N3O3S2. The van der Waals surface area contributed by atoms with Crippen molar-refractivity contribution >= 4 is 57.3 Å². The highest BCUT2D eigenvalue weighted by atomic mass is 32.2. The number of carboxylic acids is 1. The van der Waals surface area contributed by atoms with E-state index in [4.69, 9.17) is 17.3 Å². The van der Waals surface area contributed by atoms with Crippen molar-refractivity contribution in [3.05, 3.63) is 41.1 Å². The summed E-state index contributed by atoms with van der Waals surface area (Å²) in [6.07, 6.45) is 5.41. The first kappa shape index (κ1) is 16.5. The average molecular weight is 359 g/mol. The van der Waals surface area contributed by atoms with Gasteiger partial charge in [-0.25, -0.2) is 0 Å². The maximum atomic E-state index is 12.4. The van der Waals surface area contributed by atoms with Gasteiger partial charge in [-0.1, -0.05) is 30.0 Å². The molecule has 0 spiro atoms. The van der Waals surface area contributed by atoms with Crippen molar-refractivity contribution in [2.24, 2.45) is 0 Å². The molecular weight excluding hydrogens is 346 g/mol. The van der Waals surface area contributed by atoms with Gasteiger partial charge in [0.15, 0.2) is 0 Å². The molecule has 1 aliphatic rings. The topological polar surface area (TPSA) is 83.4 Å². The highest BCUT2D eigenvalue weighted by Crippen LogP contribution is 2.32. The zero-order valence-electron chi connectivity index (χ0n) is 12.5. The summed E-state index contributed by atoms with van der Waals surface area (Å²) in [6, 6.07) is 5.58. The van der Waals surface area contributed by atoms with Crippen molar-refractivity contribution in [2.45, 2.75) is 12.8 Å². The average Bonchev–Trinajstić information content (AvgIpc) is 2.82. The second kappa shape index (κ2) is 7.06. The monoisotopic (exact) mass is 359 g/mol. The molecule has 24 heavy (non-hydrogen) atoms. The van der Waals surface area contributed by atoms with Crippen molar-refractivity contribution < 1.29 is 14.7 Å². The zero-order chi connectivity index (χ0) is 17.1. The fourth-order valence-electron chi connectivity index (χ4n) is 2.30. The quantitative estimate of drug-likeness (QED) is 0.649. The Kier molecular flexibility index (Phi) is 4.86. The minimum absolute atomic E-state index is 0.0133. The molecule has 0 bridgehead atoms. The first-order valence-electron chi connectivity index (χ1n) is 7.22. The number of amides is 1. The van der Waals surface area contributed by atoms with Crippen LogP contribution in [0.3, 0.4) is 0 Å². The second-order valence-corrected chi connectivity index (χ2v) is 6.81. The smallest absolute Gasteiger partial charge is 0.303 e. The number of rotatable bonds is 5. The van der Waals surface area contributed by atoms with E-state index in [1.54, 1.807) is 18.5 Å². The molecule has 2 heterocycles.